The van der Waals surface area contributed by atoms with Crippen molar-refractivity contribution < 1.29 is 4.74 Å². The third-order valence-corrected chi connectivity index (χ3v) is 4.28. The first-order chi connectivity index (χ1) is 8.68. The number of nitrogens with one attached hydrogen (secondary N) is 1. The Labute approximate surface area is 108 Å². The van der Waals surface area contributed by atoms with Crippen LogP contribution in [0.5, 0.6) is 5.88 Å². The maximum atomic E-state index is 6.48. The van der Waals surface area contributed by atoms with Crippen LogP contribution < -0.4 is 15.8 Å². The van der Waals surface area contributed by atoms with E-state index in [0.717, 1.165) is 30.2 Å². The van der Waals surface area contributed by atoms with Gasteiger partial charge in [0.2, 0.25) is 5.88 Å². The first kappa shape index (κ1) is 11.9. The molecule has 0 radical (unpaired) electrons. The smallest absolute Gasteiger partial charge is 0.218 e. The largest absolute Gasteiger partial charge is 0.476 e. The highest BCUT2D eigenvalue weighted by Crippen LogP contribution is 2.40. The summed E-state index contributed by atoms with van der Waals surface area (Å²) >= 11 is 0. The highest BCUT2D eigenvalue weighted by Gasteiger charge is 2.37. The lowest BCUT2D eigenvalue weighted by Crippen LogP contribution is -2.45. The van der Waals surface area contributed by atoms with E-state index in [1.54, 1.807) is 0 Å². The summed E-state index contributed by atoms with van der Waals surface area (Å²) in [5, 5.41) is 3.31. The van der Waals surface area contributed by atoms with Gasteiger partial charge in [-0.15, -0.1) is 0 Å². The molecule has 1 aromatic rings. The summed E-state index contributed by atoms with van der Waals surface area (Å²) in [4.78, 5) is 4.66. The van der Waals surface area contributed by atoms with E-state index in [-0.39, 0.29) is 5.54 Å². The van der Waals surface area contributed by atoms with Crippen LogP contribution in [0.2, 0.25) is 0 Å². The molecule has 0 saturated heterocycles. The molecule has 1 saturated carbocycles. The summed E-state index contributed by atoms with van der Waals surface area (Å²) in [6, 6.07) is 4.16. The molecule has 1 atom stereocenters. The maximum absolute atomic E-state index is 6.48. The average molecular weight is 247 g/mol. The number of aromatic nitrogens is 1. The van der Waals surface area contributed by atoms with Gasteiger partial charge in [0, 0.05) is 18.7 Å². The Hall–Kier alpha value is -1.13. The van der Waals surface area contributed by atoms with Crippen molar-refractivity contribution in [3.63, 3.8) is 0 Å². The second-order valence-electron chi connectivity index (χ2n) is 5.60. The summed E-state index contributed by atoms with van der Waals surface area (Å²) in [6.45, 7) is 4.47. The van der Waals surface area contributed by atoms with E-state index in [4.69, 9.17) is 10.5 Å². The molecule has 1 aliphatic carbocycles. The van der Waals surface area contributed by atoms with E-state index in [1.807, 2.05) is 0 Å². The van der Waals surface area contributed by atoms with Gasteiger partial charge in [0.15, 0.2) is 0 Å². The van der Waals surface area contributed by atoms with Crippen molar-refractivity contribution in [1.29, 1.82) is 0 Å². The highest BCUT2D eigenvalue weighted by atomic mass is 16.5. The number of pyridine rings is 1. The van der Waals surface area contributed by atoms with Crippen LogP contribution in [-0.4, -0.2) is 18.1 Å². The van der Waals surface area contributed by atoms with Gasteiger partial charge in [-0.25, -0.2) is 4.98 Å². The molecular formula is C14H21N3O. The first-order valence-electron chi connectivity index (χ1n) is 6.81. The molecular weight excluding hydrogens is 226 g/mol. The molecule has 3 rings (SSSR count). The minimum Gasteiger partial charge on any atom is -0.476 e. The number of nitrogens with zero attached hydrogens (tertiary/aromatic N) is 1. The number of hydrogen-bond acceptors (Lipinski definition) is 4. The molecule has 2 aliphatic rings. The molecule has 1 aromatic heterocycles. The summed E-state index contributed by atoms with van der Waals surface area (Å²) in [7, 11) is 0. The van der Waals surface area contributed by atoms with Crippen LogP contribution in [0.25, 0.3) is 0 Å². The lowest BCUT2D eigenvalue weighted by molar-refractivity contribution is 0.177. The summed E-state index contributed by atoms with van der Waals surface area (Å²) in [5.74, 6) is 1.32. The van der Waals surface area contributed by atoms with Gasteiger partial charge in [0.25, 0.3) is 0 Å². The molecule has 0 spiro atoms. The monoisotopic (exact) mass is 247 g/mol. The molecule has 3 N–H and O–H groups in total. The van der Waals surface area contributed by atoms with Crippen LogP contribution in [0, 0.1) is 5.92 Å². The van der Waals surface area contributed by atoms with Crippen molar-refractivity contribution in [2.75, 3.05) is 13.2 Å². The number of fused-ring (bicyclic) bond motifs is 1. The fourth-order valence-corrected chi connectivity index (χ4v) is 2.69. The van der Waals surface area contributed by atoms with Crippen LogP contribution in [0.3, 0.4) is 0 Å². The minimum atomic E-state index is -0.323. The quantitative estimate of drug-likeness (QED) is 0.832. The fraction of sp³-hybridized carbons (Fsp3) is 0.643. The third-order valence-electron chi connectivity index (χ3n) is 4.28. The Balaban J connectivity index is 1.91. The fourth-order valence-electron chi connectivity index (χ4n) is 2.69. The van der Waals surface area contributed by atoms with Gasteiger partial charge in [0.1, 0.15) is 6.61 Å². The number of ether oxygens (including phenoxy) is 1. The Morgan fingerprint density at radius 2 is 2.28 bits per heavy atom. The molecule has 0 bridgehead atoms. The zero-order valence-corrected chi connectivity index (χ0v) is 10.9. The van der Waals surface area contributed by atoms with Gasteiger partial charge in [0.05, 0.1) is 11.2 Å². The molecule has 0 aromatic carbocycles. The van der Waals surface area contributed by atoms with Crippen molar-refractivity contribution in [3.05, 3.63) is 23.4 Å². The topological polar surface area (TPSA) is 60.2 Å². The van der Waals surface area contributed by atoms with Crippen molar-refractivity contribution >= 4 is 0 Å². The van der Waals surface area contributed by atoms with Crippen molar-refractivity contribution in [1.82, 2.24) is 10.3 Å². The van der Waals surface area contributed by atoms with Crippen molar-refractivity contribution in [2.24, 2.45) is 11.7 Å². The van der Waals surface area contributed by atoms with Gasteiger partial charge >= 0.3 is 0 Å². The van der Waals surface area contributed by atoms with E-state index < -0.39 is 0 Å². The van der Waals surface area contributed by atoms with E-state index in [2.05, 4.69) is 29.4 Å². The Morgan fingerprint density at radius 3 is 3.00 bits per heavy atom. The maximum Gasteiger partial charge on any atom is 0.218 e. The van der Waals surface area contributed by atoms with Crippen LogP contribution in [-0.2, 0) is 12.1 Å². The van der Waals surface area contributed by atoms with Crippen LogP contribution in [0.15, 0.2) is 12.1 Å². The Kier molecular flexibility index (Phi) is 2.99. The first-order valence-corrected chi connectivity index (χ1v) is 6.81. The lowest BCUT2D eigenvalue weighted by atomic mass is 9.70. The van der Waals surface area contributed by atoms with E-state index in [0.29, 0.717) is 12.5 Å². The van der Waals surface area contributed by atoms with Gasteiger partial charge in [-0.3, -0.25) is 0 Å². The highest BCUT2D eigenvalue weighted by molar-refractivity contribution is 5.31. The number of rotatable bonds is 2. The van der Waals surface area contributed by atoms with E-state index in [1.165, 1.54) is 19.3 Å². The Bertz CT molecular complexity index is 441. The van der Waals surface area contributed by atoms with E-state index >= 15 is 0 Å². The Morgan fingerprint density at radius 1 is 1.44 bits per heavy atom. The molecule has 1 unspecified atom stereocenters. The van der Waals surface area contributed by atoms with Crippen molar-refractivity contribution in [3.8, 4) is 5.88 Å². The standard InChI is InChI=1S/C14H21N3O/c1-14(15,11-3-2-4-11)12-6-5-10-9-16-7-8-18-13(10)17-12/h5-6,11,16H,2-4,7-9,15H2,1H3. The zero-order valence-electron chi connectivity index (χ0n) is 10.9. The van der Waals surface area contributed by atoms with Gasteiger partial charge in [-0.1, -0.05) is 12.5 Å². The normalized spacial score (nSPS) is 23.2. The molecule has 1 aliphatic heterocycles. The van der Waals surface area contributed by atoms with Crippen LogP contribution >= 0.6 is 0 Å². The number of nitrogens with two attached hydrogens (primary N) is 1. The lowest BCUT2D eigenvalue weighted by Gasteiger charge is -2.39. The van der Waals surface area contributed by atoms with Gasteiger partial charge in [-0.2, -0.15) is 0 Å². The summed E-state index contributed by atoms with van der Waals surface area (Å²) in [6.07, 6.45) is 3.73. The van der Waals surface area contributed by atoms with Gasteiger partial charge < -0.3 is 15.8 Å². The predicted octanol–water partition coefficient (Wildman–Crippen LogP) is 1.54. The second kappa shape index (κ2) is 4.52. The predicted molar refractivity (Wildman–Crippen MR) is 70.3 cm³/mol. The SMILES string of the molecule is CC(N)(c1ccc2c(n1)OCCNC2)C1CCC1. The van der Waals surface area contributed by atoms with Gasteiger partial charge in [-0.05, 0) is 31.7 Å². The third kappa shape index (κ3) is 1.99. The van der Waals surface area contributed by atoms with Crippen LogP contribution in [0.1, 0.15) is 37.4 Å². The number of hydrogen-bond donors (Lipinski definition) is 2. The summed E-state index contributed by atoms with van der Waals surface area (Å²) < 4.78 is 5.69. The molecule has 4 nitrogen and oxygen atoms in total. The van der Waals surface area contributed by atoms with E-state index in [9.17, 15) is 0 Å². The van der Waals surface area contributed by atoms with Crippen LogP contribution in [0.4, 0.5) is 0 Å². The average Bonchev–Trinajstić information content (AvgIpc) is 2.49. The van der Waals surface area contributed by atoms with Crippen molar-refractivity contribution in [2.45, 2.75) is 38.3 Å². The minimum absolute atomic E-state index is 0.323. The molecule has 2 heterocycles. The molecule has 98 valence electrons. The zero-order chi connectivity index (χ0) is 12.6. The molecule has 0 amide bonds. The molecule has 1 fully saturated rings. The molecule has 18 heavy (non-hydrogen) atoms. The summed E-state index contributed by atoms with van der Waals surface area (Å²) in [5.41, 5.74) is 8.25. The second-order valence-corrected chi connectivity index (χ2v) is 5.60. The molecule has 4 heteroatoms.